The molecule has 2 N–H and O–H groups in total. The Labute approximate surface area is 152 Å². The molecule has 0 saturated carbocycles. The third kappa shape index (κ3) is 3.18. The number of urea groups is 1. The highest BCUT2D eigenvalue weighted by molar-refractivity contribution is 5.74. The van der Waals surface area contributed by atoms with Gasteiger partial charge in [0.15, 0.2) is 0 Å². The number of aromatic amines is 1. The van der Waals surface area contributed by atoms with E-state index in [-0.39, 0.29) is 11.9 Å². The van der Waals surface area contributed by atoms with Gasteiger partial charge in [-0.2, -0.15) is 0 Å². The predicted octanol–water partition coefficient (Wildman–Crippen LogP) is 3.27. The number of rotatable bonds is 3. The molecule has 26 heavy (non-hydrogen) atoms. The van der Waals surface area contributed by atoms with Crippen LogP contribution in [0.1, 0.15) is 18.2 Å². The van der Waals surface area contributed by atoms with Crippen LogP contribution in [0.4, 0.5) is 4.79 Å². The van der Waals surface area contributed by atoms with Gasteiger partial charge in [0, 0.05) is 49.6 Å². The molecule has 1 aliphatic rings. The van der Waals surface area contributed by atoms with Crippen molar-refractivity contribution >= 4 is 6.03 Å². The van der Waals surface area contributed by atoms with Crippen LogP contribution in [0.2, 0.25) is 0 Å². The predicted molar refractivity (Wildman–Crippen MR) is 101 cm³/mol. The summed E-state index contributed by atoms with van der Waals surface area (Å²) >= 11 is 0. The van der Waals surface area contributed by atoms with Crippen molar-refractivity contribution in [1.82, 2.24) is 25.2 Å². The minimum atomic E-state index is -0.0278. The Morgan fingerprint density at radius 2 is 2.00 bits per heavy atom. The van der Waals surface area contributed by atoms with Crippen molar-refractivity contribution in [2.75, 3.05) is 20.1 Å². The van der Waals surface area contributed by atoms with E-state index < -0.39 is 0 Å². The molecular formula is C20H21N5O. The summed E-state index contributed by atoms with van der Waals surface area (Å²) in [5.41, 5.74) is 3.91. The van der Waals surface area contributed by atoms with Crippen molar-refractivity contribution in [2.45, 2.75) is 12.3 Å². The summed E-state index contributed by atoms with van der Waals surface area (Å²) in [5.74, 6) is 1.18. The first-order chi connectivity index (χ1) is 12.7. The van der Waals surface area contributed by atoms with Crippen molar-refractivity contribution in [1.29, 1.82) is 0 Å². The summed E-state index contributed by atoms with van der Waals surface area (Å²) < 4.78 is 0. The van der Waals surface area contributed by atoms with E-state index in [1.807, 2.05) is 59.8 Å². The van der Waals surface area contributed by atoms with Crippen LogP contribution in [0.3, 0.4) is 0 Å². The molecule has 1 aliphatic heterocycles. The number of nitrogens with one attached hydrogen (secondary N) is 2. The lowest BCUT2D eigenvalue weighted by Gasteiger charge is -2.14. The Hall–Kier alpha value is -3.15. The van der Waals surface area contributed by atoms with Gasteiger partial charge in [0.1, 0.15) is 5.82 Å². The Morgan fingerprint density at radius 1 is 1.15 bits per heavy atom. The second kappa shape index (κ2) is 7.00. The highest BCUT2D eigenvalue weighted by Crippen LogP contribution is 2.27. The Balaban J connectivity index is 1.49. The van der Waals surface area contributed by atoms with Gasteiger partial charge >= 0.3 is 6.03 Å². The first-order valence-corrected chi connectivity index (χ1v) is 8.78. The third-order valence-corrected chi connectivity index (χ3v) is 4.80. The van der Waals surface area contributed by atoms with Crippen LogP contribution < -0.4 is 5.32 Å². The lowest BCUT2D eigenvalue weighted by molar-refractivity contribution is 0.210. The summed E-state index contributed by atoms with van der Waals surface area (Å²) in [4.78, 5) is 26.1. The number of carbonyl (C=O) groups excluding carboxylic acids is 1. The number of aromatic nitrogens is 3. The zero-order valence-electron chi connectivity index (χ0n) is 14.6. The van der Waals surface area contributed by atoms with Crippen LogP contribution in [0.25, 0.3) is 22.5 Å². The third-order valence-electron chi connectivity index (χ3n) is 4.80. The molecule has 0 aliphatic carbocycles. The monoisotopic (exact) mass is 347 g/mol. The molecule has 3 heterocycles. The summed E-state index contributed by atoms with van der Waals surface area (Å²) in [6.45, 7) is 1.45. The van der Waals surface area contributed by atoms with Crippen LogP contribution in [-0.2, 0) is 0 Å². The minimum absolute atomic E-state index is 0.0278. The quantitative estimate of drug-likeness (QED) is 0.764. The van der Waals surface area contributed by atoms with E-state index in [4.69, 9.17) is 4.98 Å². The topological polar surface area (TPSA) is 73.9 Å². The SMILES string of the molecule is CNC(=O)N1CC[C@@H](c2nc(-c3ccc(-c4ccccc4)nc3)c[nH]2)C1. The fraction of sp³-hybridized carbons (Fsp3) is 0.250. The van der Waals surface area contributed by atoms with Crippen LogP contribution in [0, 0.1) is 0 Å². The summed E-state index contributed by atoms with van der Waals surface area (Å²) in [5, 5.41) is 2.68. The molecule has 1 aromatic carbocycles. The van der Waals surface area contributed by atoms with Crippen molar-refractivity contribution < 1.29 is 4.79 Å². The van der Waals surface area contributed by atoms with Crippen molar-refractivity contribution in [3.8, 4) is 22.5 Å². The molecule has 0 bridgehead atoms. The van der Waals surface area contributed by atoms with Gasteiger partial charge in [0.05, 0.1) is 11.4 Å². The normalized spacial score (nSPS) is 16.7. The zero-order valence-corrected chi connectivity index (χ0v) is 14.6. The molecular weight excluding hydrogens is 326 g/mol. The van der Waals surface area contributed by atoms with E-state index in [0.717, 1.165) is 41.3 Å². The molecule has 0 radical (unpaired) electrons. The van der Waals surface area contributed by atoms with Crippen molar-refractivity contribution in [3.63, 3.8) is 0 Å². The molecule has 0 spiro atoms. The van der Waals surface area contributed by atoms with Gasteiger partial charge in [-0.1, -0.05) is 30.3 Å². The molecule has 2 aromatic heterocycles. The maximum Gasteiger partial charge on any atom is 0.317 e. The number of pyridine rings is 1. The van der Waals surface area contributed by atoms with Gasteiger partial charge in [-0.3, -0.25) is 4.98 Å². The van der Waals surface area contributed by atoms with Gasteiger partial charge < -0.3 is 15.2 Å². The molecule has 6 nitrogen and oxygen atoms in total. The van der Waals surface area contributed by atoms with Gasteiger partial charge in [-0.05, 0) is 18.6 Å². The second-order valence-electron chi connectivity index (χ2n) is 6.46. The Bertz CT molecular complexity index is 888. The largest absolute Gasteiger partial charge is 0.348 e. The van der Waals surface area contributed by atoms with Crippen LogP contribution in [-0.4, -0.2) is 46.0 Å². The van der Waals surface area contributed by atoms with E-state index in [2.05, 4.69) is 15.3 Å². The highest BCUT2D eigenvalue weighted by atomic mass is 16.2. The Kier molecular flexibility index (Phi) is 4.39. The number of H-pyrrole nitrogens is 1. The number of nitrogens with zero attached hydrogens (tertiary/aromatic N) is 3. The lowest BCUT2D eigenvalue weighted by atomic mass is 10.1. The smallest absolute Gasteiger partial charge is 0.317 e. The standard InChI is InChI=1S/C20H21N5O/c1-21-20(26)25-10-9-16(13-25)19-23-12-18(24-19)15-7-8-17(22-11-15)14-5-3-2-4-6-14/h2-8,11-12,16H,9-10,13H2,1H3,(H,21,26)(H,23,24)/t16-/m1/s1. The van der Waals surface area contributed by atoms with E-state index in [1.165, 1.54) is 0 Å². The van der Waals surface area contributed by atoms with E-state index >= 15 is 0 Å². The maximum atomic E-state index is 11.7. The first-order valence-electron chi connectivity index (χ1n) is 8.78. The minimum Gasteiger partial charge on any atom is -0.348 e. The van der Waals surface area contributed by atoms with Gasteiger partial charge in [0.2, 0.25) is 0 Å². The highest BCUT2D eigenvalue weighted by Gasteiger charge is 2.28. The number of likely N-dealkylation sites (tertiary alicyclic amines) is 1. The average Bonchev–Trinajstić information content (AvgIpc) is 3.38. The van der Waals surface area contributed by atoms with Crippen LogP contribution in [0.5, 0.6) is 0 Å². The number of hydrogen-bond donors (Lipinski definition) is 2. The molecule has 2 amide bonds. The van der Waals surface area contributed by atoms with Crippen molar-refractivity contribution in [3.05, 3.63) is 60.7 Å². The maximum absolute atomic E-state index is 11.7. The molecule has 1 saturated heterocycles. The average molecular weight is 347 g/mol. The molecule has 0 unspecified atom stereocenters. The fourth-order valence-corrected chi connectivity index (χ4v) is 3.34. The zero-order chi connectivity index (χ0) is 17.9. The van der Waals surface area contributed by atoms with E-state index in [0.29, 0.717) is 6.54 Å². The van der Waals surface area contributed by atoms with Crippen molar-refractivity contribution in [2.24, 2.45) is 0 Å². The summed E-state index contributed by atoms with van der Waals surface area (Å²) in [6.07, 6.45) is 4.69. The number of amides is 2. The summed E-state index contributed by atoms with van der Waals surface area (Å²) in [6, 6.07) is 14.1. The molecule has 1 fully saturated rings. The Morgan fingerprint density at radius 3 is 2.73 bits per heavy atom. The fourth-order valence-electron chi connectivity index (χ4n) is 3.34. The van der Waals surface area contributed by atoms with Gasteiger partial charge in [-0.15, -0.1) is 0 Å². The number of hydrogen-bond acceptors (Lipinski definition) is 3. The first kappa shape index (κ1) is 16.3. The number of imidazole rings is 1. The second-order valence-corrected chi connectivity index (χ2v) is 6.46. The number of carbonyl (C=O) groups is 1. The van der Waals surface area contributed by atoms with E-state index in [1.54, 1.807) is 7.05 Å². The van der Waals surface area contributed by atoms with Gasteiger partial charge in [-0.25, -0.2) is 9.78 Å². The summed E-state index contributed by atoms with van der Waals surface area (Å²) in [7, 11) is 1.66. The van der Waals surface area contributed by atoms with Gasteiger partial charge in [0.25, 0.3) is 0 Å². The lowest BCUT2D eigenvalue weighted by Crippen LogP contribution is -2.36. The number of benzene rings is 1. The molecule has 4 rings (SSSR count). The molecule has 132 valence electrons. The molecule has 1 atom stereocenters. The van der Waals surface area contributed by atoms with Crippen LogP contribution >= 0.6 is 0 Å². The molecule has 3 aromatic rings. The van der Waals surface area contributed by atoms with E-state index in [9.17, 15) is 4.79 Å². The molecule has 6 heteroatoms. The van der Waals surface area contributed by atoms with Crippen LogP contribution in [0.15, 0.2) is 54.9 Å².